The van der Waals surface area contributed by atoms with E-state index >= 15 is 0 Å². The number of nitrogens with one attached hydrogen (secondary N) is 1. The van der Waals surface area contributed by atoms with Gasteiger partial charge in [0.25, 0.3) is 10.0 Å². The zero-order valence-corrected chi connectivity index (χ0v) is 10.8. The number of anilines is 1. The van der Waals surface area contributed by atoms with Gasteiger partial charge in [-0.05, 0) is 12.1 Å². The Morgan fingerprint density at radius 1 is 1.61 bits per heavy atom. The lowest BCUT2D eigenvalue weighted by molar-refractivity contribution is 0.433. The Hall–Kier alpha value is -1.69. The Morgan fingerprint density at radius 3 is 2.89 bits per heavy atom. The molecule has 0 unspecified atom stereocenters. The number of nitrogens with zero attached hydrogens (tertiary/aromatic N) is 3. The van der Waals surface area contributed by atoms with Crippen molar-refractivity contribution in [3.05, 3.63) is 18.3 Å². The summed E-state index contributed by atoms with van der Waals surface area (Å²) in [6, 6.07) is 5.03. The SMILES string of the molecule is CCN(CCC#N)S(=O)(=O)c1ncccc1NN. The van der Waals surface area contributed by atoms with Crippen LogP contribution in [0.5, 0.6) is 0 Å². The molecule has 0 radical (unpaired) electrons. The molecule has 0 aromatic carbocycles. The van der Waals surface area contributed by atoms with Gasteiger partial charge in [0.15, 0.2) is 5.03 Å². The summed E-state index contributed by atoms with van der Waals surface area (Å²) in [6.07, 6.45) is 1.51. The van der Waals surface area contributed by atoms with Crippen LogP contribution in [0.1, 0.15) is 13.3 Å². The minimum Gasteiger partial charge on any atom is -0.321 e. The zero-order valence-electron chi connectivity index (χ0n) is 10.00. The van der Waals surface area contributed by atoms with Gasteiger partial charge in [-0.1, -0.05) is 6.92 Å². The van der Waals surface area contributed by atoms with Crippen LogP contribution in [0.4, 0.5) is 5.69 Å². The third-order valence-corrected chi connectivity index (χ3v) is 4.27. The van der Waals surface area contributed by atoms with Gasteiger partial charge in [-0.25, -0.2) is 13.4 Å². The van der Waals surface area contributed by atoms with E-state index in [1.165, 1.54) is 16.6 Å². The Morgan fingerprint density at radius 2 is 2.33 bits per heavy atom. The summed E-state index contributed by atoms with van der Waals surface area (Å²) in [4.78, 5) is 3.84. The molecule has 3 N–H and O–H groups in total. The van der Waals surface area contributed by atoms with E-state index in [0.717, 1.165) is 0 Å². The van der Waals surface area contributed by atoms with Crippen LogP contribution in [0, 0.1) is 11.3 Å². The van der Waals surface area contributed by atoms with Crippen molar-refractivity contribution < 1.29 is 8.42 Å². The lowest BCUT2D eigenvalue weighted by Crippen LogP contribution is -2.33. The number of hydrogen-bond donors (Lipinski definition) is 2. The number of hydrazine groups is 1. The van der Waals surface area contributed by atoms with Crippen molar-refractivity contribution in [1.29, 1.82) is 5.26 Å². The standard InChI is InChI=1S/C10H15N5O2S/c1-2-15(8-4-6-11)18(16,17)10-9(14-12)5-3-7-13-10/h3,5,7,14H,2,4,8,12H2,1H3. The first-order valence-electron chi connectivity index (χ1n) is 5.36. The fourth-order valence-electron chi connectivity index (χ4n) is 1.45. The Bertz CT molecular complexity index is 537. The Kier molecular flexibility index (Phi) is 5.03. The Balaban J connectivity index is 3.15. The molecule has 0 bridgehead atoms. The number of nitrogen functional groups attached to an aromatic ring is 1. The zero-order chi connectivity index (χ0) is 13.6. The molecule has 8 heteroatoms. The summed E-state index contributed by atoms with van der Waals surface area (Å²) >= 11 is 0. The van der Waals surface area contributed by atoms with E-state index < -0.39 is 10.0 Å². The number of aromatic nitrogens is 1. The van der Waals surface area contributed by atoms with E-state index in [-0.39, 0.29) is 30.2 Å². The minimum atomic E-state index is -3.74. The lowest BCUT2D eigenvalue weighted by atomic mass is 10.4. The fourth-order valence-corrected chi connectivity index (χ4v) is 2.97. The molecule has 7 nitrogen and oxygen atoms in total. The monoisotopic (exact) mass is 269 g/mol. The summed E-state index contributed by atoms with van der Waals surface area (Å²) < 4.78 is 25.8. The summed E-state index contributed by atoms with van der Waals surface area (Å²) in [7, 11) is -3.74. The molecule has 0 amide bonds. The molecule has 0 aliphatic carbocycles. The molecule has 0 atom stereocenters. The maximum absolute atomic E-state index is 12.3. The van der Waals surface area contributed by atoms with E-state index in [4.69, 9.17) is 11.1 Å². The lowest BCUT2D eigenvalue weighted by Gasteiger charge is -2.19. The molecule has 98 valence electrons. The van der Waals surface area contributed by atoms with Crippen molar-refractivity contribution in [2.24, 2.45) is 5.84 Å². The van der Waals surface area contributed by atoms with Gasteiger partial charge in [-0.15, -0.1) is 0 Å². The summed E-state index contributed by atoms with van der Waals surface area (Å²) in [5.41, 5.74) is 2.53. The molecule has 0 aliphatic heterocycles. The molecule has 0 saturated carbocycles. The molecule has 0 spiro atoms. The smallest absolute Gasteiger partial charge is 0.262 e. The second kappa shape index (κ2) is 6.30. The molecule has 18 heavy (non-hydrogen) atoms. The van der Waals surface area contributed by atoms with Gasteiger partial charge in [0.05, 0.1) is 11.8 Å². The third kappa shape index (κ3) is 2.95. The van der Waals surface area contributed by atoms with E-state index in [1.807, 2.05) is 6.07 Å². The molecule has 1 heterocycles. The first-order valence-corrected chi connectivity index (χ1v) is 6.80. The quantitative estimate of drug-likeness (QED) is 0.567. The van der Waals surface area contributed by atoms with E-state index in [0.29, 0.717) is 0 Å². The van der Waals surface area contributed by atoms with Crippen molar-refractivity contribution in [3.8, 4) is 6.07 Å². The van der Waals surface area contributed by atoms with Gasteiger partial charge < -0.3 is 5.43 Å². The number of sulfonamides is 1. The molecular formula is C10H15N5O2S. The van der Waals surface area contributed by atoms with Crippen LogP contribution < -0.4 is 11.3 Å². The number of nitrogens with two attached hydrogens (primary N) is 1. The van der Waals surface area contributed by atoms with Crippen LogP contribution in [0.25, 0.3) is 0 Å². The first-order chi connectivity index (χ1) is 8.57. The largest absolute Gasteiger partial charge is 0.321 e. The highest BCUT2D eigenvalue weighted by molar-refractivity contribution is 7.89. The molecule has 1 aromatic rings. The Labute approximate surface area is 106 Å². The van der Waals surface area contributed by atoms with Crippen LogP contribution in [-0.4, -0.2) is 30.8 Å². The highest BCUT2D eigenvalue weighted by atomic mass is 32.2. The van der Waals surface area contributed by atoms with Gasteiger partial charge in [-0.3, -0.25) is 5.84 Å². The first kappa shape index (κ1) is 14.4. The highest BCUT2D eigenvalue weighted by Gasteiger charge is 2.26. The molecule has 0 fully saturated rings. The van der Waals surface area contributed by atoms with Crippen molar-refractivity contribution in [1.82, 2.24) is 9.29 Å². The van der Waals surface area contributed by atoms with Crippen molar-refractivity contribution in [2.45, 2.75) is 18.4 Å². The average Bonchev–Trinajstić information content (AvgIpc) is 2.39. The molecule has 0 aliphatic rings. The molecule has 0 saturated heterocycles. The predicted octanol–water partition coefficient (Wildman–Crippen LogP) is 0.291. The van der Waals surface area contributed by atoms with Crippen molar-refractivity contribution in [2.75, 3.05) is 18.5 Å². The van der Waals surface area contributed by atoms with Gasteiger partial charge in [0.1, 0.15) is 0 Å². The number of hydrogen-bond acceptors (Lipinski definition) is 6. The van der Waals surface area contributed by atoms with Crippen LogP contribution in [0.15, 0.2) is 23.4 Å². The van der Waals surface area contributed by atoms with Gasteiger partial charge in [0, 0.05) is 25.7 Å². The maximum atomic E-state index is 12.3. The van der Waals surface area contributed by atoms with Crippen LogP contribution >= 0.6 is 0 Å². The van der Waals surface area contributed by atoms with Gasteiger partial charge in [-0.2, -0.15) is 9.57 Å². The number of rotatable bonds is 6. The molecule has 1 rings (SSSR count). The summed E-state index contributed by atoms with van der Waals surface area (Å²) in [5, 5.41) is 8.40. The van der Waals surface area contributed by atoms with Crippen LogP contribution in [-0.2, 0) is 10.0 Å². The topological polar surface area (TPSA) is 112 Å². The summed E-state index contributed by atoms with van der Waals surface area (Å²) in [5.74, 6) is 5.26. The predicted molar refractivity (Wildman–Crippen MR) is 66.7 cm³/mol. The van der Waals surface area contributed by atoms with Crippen LogP contribution in [0.2, 0.25) is 0 Å². The molecular weight excluding hydrogens is 254 g/mol. The van der Waals surface area contributed by atoms with E-state index in [1.54, 1.807) is 13.0 Å². The fraction of sp³-hybridized carbons (Fsp3) is 0.400. The second-order valence-corrected chi connectivity index (χ2v) is 5.26. The number of pyridine rings is 1. The van der Waals surface area contributed by atoms with Crippen molar-refractivity contribution in [3.63, 3.8) is 0 Å². The highest BCUT2D eigenvalue weighted by Crippen LogP contribution is 2.21. The van der Waals surface area contributed by atoms with E-state index in [9.17, 15) is 8.42 Å². The van der Waals surface area contributed by atoms with Crippen LogP contribution in [0.3, 0.4) is 0 Å². The number of nitriles is 1. The van der Waals surface area contributed by atoms with Crippen molar-refractivity contribution >= 4 is 15.7 Å². The summed E-state index contributed by atoms with van der Waals surface area (Å²) in [6.45, 7) is 2.11. The maximum Gasteiger partial charge on any atom is 0.262 e. The normalized spacial score (nSPS) is 11.2. The molecule has 1 aromatic heterocycles. The van der Waals surface area contributed by atoms with Gasteiger partial charge in [0.2, 0.25) is 0 Å². The van der Waals surface area contributed by atoms with Gasteiger partial charge >= 0.3 is 0 Å². The minimum absolute atomic E-state index is 0.130. The third-order valence-electron chi connectivity index (χ3n) is 2.34. The average molecular weight is 269 g/mol. The second-order valence-electron chi connectivity index (χ2n) is 3.41. The van der Waals surface area contributed by atoms with E-state index in [2.05, 4.69) is 10.4 Å².